The molecule has 0 unspecified atom stereocenters. The zero-order valence-corrected chi connectivity index (χ0v) is 47.3. The van der Waals surface area contributed by atoms with E-state index < -0.39 is 105 Å². The first-order valence-electron chi connectivity index (χ1n) is 27.1. The molecule has 0 spiro atoms. The zero-order valence-electron chi connectivity index (χ0n) is 47.3. The van der Waals surface area contributed by atoms with Gasteiger partial charge in [-0.1, -0.05) is 41.0 Å². The molecule has 0 saturated carbocycles. The van der Waals surface area contributed by atoms with Gasteiger partial charge in [0.25, 0.3) is 0 Å². The van der Waals surface area contributed by atoms with Crippen LogP contribution in [0.15, 0.2) is 107 Å². The van der Waals surface area contributed by atoms with E-state index in [-0.39, 0.29) is 106 Å². The van der Waals surface area contributed by atoms with Crippen LogP contribution in [0.5, 0.6) is 103 Å². The summed E-state index contributed by atoms with van der Waals surface area (Å²) in [7, 11) is 0. The van der Waals surface area contributed by atoms with Gasteiger partial charge in [-0.05, 0) is 121 Å². The van der Waals surface area contributed by atoms with Gasteiger partial charge in [0.2, 0.25) is 11.5 Å². The van der Waals surface area contributed by atoms with E-state index >= 15 is 0 Å². The molecule has 86 heavy (non-hydrogen) atoms. The SMILES string of the molecule is CC(C)=CCC/C(C)=C/Cc1c(O)cc(O)c2c1O[C@H](c1cc(O)c(O)c(O)c1)[C@H](OC(=O)c1cc(O)c(OC/C(C)=C/CC/C(C)=C/Cc3c(C(=O)O[C@@H]4Cc5c(O)cc(O)cc5O[C@@H]4c4cc(O)c(O)c(O)c4)cc(O)c(O)c3O)c(O)c1)C2. The van der Waals surface area contributed by atoms with E-state index in [4.69, 9.17) is 23.7 Å². The minimum atomic E-state index is -1.34. The van der Waals surface area contributed by atoms with Gasteiger partial charge in [0.05, 0.1) is 11.1 Å². The fourth-order valence-corrected chi connectivity index (χ4v) is 10.0. The zero-order chi connectivity index (χ0) is 62.6. The summed E-state index contributed by atoms with van der Waals surface area (Å²) in [4.78, 5) is 27.9. The van der Waals surface area contributed by atoms with E-state index in [0.29, 0.717) is 24.0 Å². The fraction of sp³-hybridized carbons (Fsp3) is 0.281. The van der Waals surface area contributed by atoms with Crippen LogP contribution in [0.4, 0.5) is 0 Å². The normalized spacial score (nSPS) is 16.7. The van der Waals surface area contributed by atoms with Crippen LogP contribution in [-0.4, -0.2) is 107 Å². The Morgan fingerprint density at radius 1 is 0.477 bits per heavy atom. The number of carbonyl (C=O) groups excluding carboxylic acids is 2. The molecule has 4 atom stereocenters. The smallest absolute Gasteiger partial charge is 0.339 e. The third kappa shape index (κ3) is 13.7. The molecule has 22 heteroatoms. The van der Waals surface area contributed by atoms with Gasteiger partial charge >= 0.3 is 11.9 Å². The van der Waals surface area contributed by atoms with Crippen molar-refractivity contribution in [2.75, 3.05) is 6.61 Å². The van der Waals surface area contributed by atoms with Crippen molar-refractivity contribution < 1.29 is 110 Å². The van der Waals surface area contributed by atoms with Gasteiger partial charge in [0, 0.05) is 64.4 Å². The van der Waals surface area contributed by atoms with Crippen LogP contribution in [0.1, 0.15) is 127 Å². The van der Waals surface area contributed by atoms with E-state index in [2.05, 4.69) is 6.08 Å². The van der Waals surface area contributed by atoms with Crippen molar-refractivity contribution in [1.29, 1.82) is 0 Å². The molecule has 0 saturated heterocycles. The number of allylic oxidation sites excluding steroid dienone is 7. The van der Waals surface area contributed by atoms with E-state index in [1.54, 1.807) is 26.0 Å². The molecule has 0 aromatic heterocycles. The highest BCUT2D eigenvalue weighted by Gasteiger charge is 2.41. The number of carbonyl (C=O) groups is 2. The lowest BCUT2D eigenvalue weighted by Gasteiger charge is -2.35. The number of esters is 2. The minimum absolute atomic E-state index is 0.0117. The van der Waals surface area contributed by atoms with Gasteiger partial charge < -0.3 is 100 Å². The first-order valence-corrected chi connectivity index (χ1v) is 27.1. The summed E-state index contributed by atoms with van der Waals surface area (Å²) in [5, 5.41) is 159. The van der Waals surface area contributed by atoms with Gasteiger partial charge in [0.15, 0.2) is 69.7 Å². The first kappa shape index (κ1) is 61.7. The van der Waals surface area contributed by atoms with Crippen molar-refractivity contribution in [3.05, 3.63) is 152 Å². The molecule has 0 aliphatic carbocycles. The van der Waals surface area contributed by atoms with Crippen molar-refractivity contribution in [3.63, 3.8) is 0 Å². The highest BCUT2D eigenvalue weighted by atomic mass is 16.6. The summed E-state index contributed by atoms with van der Waals surface area (Å²) in [6.45, 7) is 9.28. The Kier molecular flexibility index (Phi) is 18.4. The Bertz CT molecular complexity index is 3690. The number of benzene rings is 6. The monoisotopic (exact) mass is 1190 g/mol. The van der Waals surface area contributed by atoms with Crippen LogP contribution in [0.3, 0.4) is 0 Å². The van der Waals surface area contributed by atoms with Gasteiger partial charge in [-0.2, -0.15) is 0 Å². The van der Waals surface area contributed by atoms with Crippen LogP contribution in [0.25, 0.3) is 0 Å². The predicted octanol–water partition coefficient (Wildman–Crippen LogP) is 10.6. The molecule has 6 aromatic rings. The molecule has 0 amide bonds. The van der Waals surface area contributed by atoms with Crippen molar-refractivity contribution in [2.24, 2.45) is 0 Å². The maximum atomic E-state index is 14.0. The molecule has 8 rings (SSSR count). The molecule has 0 radical (unpaired) electrons. The van der Waals surface area contributed by atoms with Gasteiger partial charge in [0.1, 0.15) is 53.3 Å². The summed E-state index contributed by atoms with van der Waals surface area (Å²) in [5.41, 5.74) is 3.39. The lowest BCUT2D eigenvalue weighted by atomic mass is 9.90. The Morgan fingerprint density at radius 3 is 1.55 bits per heavy atom. The highest BCUT2D eigenvalue weighted by molar-refractivity contribution is 5.94. The Labute approximate surface area is 492 Å². The summed E-state index contributed by atoms with van der Waals surface area (Å²) >= 11 is 0. The number of fused-ring (bicyclic) bond motifs is 2. The second-order valence-corrected chi connectivity index (χ2v) is 21.5. The van der Waals surface area contributed by atoms with E-state index in [9.17, 15) is 86.2 Å². The van der Waals surface area contributed by atoms with Crippen molar-refractivity contribution in [1.82, 2.24) is 0 Å². The summed E-state index contributed by atoms with van der Waals surface area (Å²) in [6, 6.07) is 10.6. The maximum Gasteiger partial charge on any atom is 0.339 e. The molecule has 2 heterocycles. The Hall–Kier alpha value is -10.4. The number of phenolic OH excluding ortho intramolecular Hbond substituents is 15. The van der Waals surface area contributed by atoms with E-state index in [0.717, 1.165) is 78.6 Å². The standard InChI is InChI=1S/C64H66O22/c1-29(2)8-6-9-30(3)13-15-38-43(67)27-44(68)41-26-54(60(86-61(38)41)34-18-47(71)57(78)48(72)19-34)84-63(80)35-20-50(74)62(51(75)21-35)82-28-32(5)11-7-10-31(4)12-14-37-39(24-49(73)58(79)55(37)76)64(81)85-53-25-40-42(66)22-36(65)23-52(40)83-59(53)33-16-45(69)56(77)46(70)17-33/h8,11-13,16-24,27,53-54,59-60,65-79H,6-7,9-10,14-15,25-26,28H2,1-5H3/b30-13+,31-12+,32-11+/t53-,54-,59-,60-/m1/s1. The lowest BCUT2D eigenvalue weighted by molar-refractivity contribution is -0.0195. The van der Waals surface area contributed by atoms with Gasteiger partial charge in [-0.3, -0.25) is 0 Å². The minimum Gasteiger partial charge on any atom is -0.508 e. The van der Waals surface area contributed by atoms with Crippen molar-refractivity contribution >= 4 is 11.9 Å². The predicted molar refractivity (Wildman–Crippen MR) is 308 cm³/mol. The fourth-order valence-electron chi connectivity index (χ4n) is 10.0. The van der Waals surface area contributed by atoms with Crippen molar-refractivity contribution in [3.8, 4) is 103 Å². The Morgan fingerprint density at radius 2 is 0.977 bits per heavy atom. The third-order valence-electron chi connectivity index (χ3n) is 14.7. The second kappa shape index (κ2) is 25.6. The Balaban J connectivity index is 0.926. The molecular weight excluding hydrogens is 1120 g/mol. The highest BCUT2D eigenvalue weighted by Crippen LogP contribution is 2.50. The van der Waals surface area contributed by atoms with Gasteiger partial charge in [-0.25, -0.2) is 9.59 Å². The number of hydrogen-bond acceptors (Lipinski definition) is 22. The van der Waals surface area contributed by atoms with E-state index in [1.807, 2.05) is 26.8 Å². The van der Waals surface area contributed by atoms with Crippen LogP contribution >= 0.6 is 0 Å². The number of hydrogen-bond donors (Lipinski definition) is 15. The van der Waals surface area contributed by atoms with E-state index in [1.165, 1.54) is 11.6 Å². The number of phenols is 15. The number of aromatic hydroxyl groups is 15. The number of ether oxygens (including phenoxy) is 5. The van der Waals surface area contributed by atoms with Crippen LogP contribution in [-0.2, 0) is 35.2 Å². The molecule has 2 aliphatic rings. The largest absolute Gasteiger partial charge is 0.508 e. The molecule has 22 nitrogen and oxygen atoms in total. The van der Waals surface area contributed by atoms with Crippen LogP contribution in [0, 0.1) is 0 Å². The molecule has 2 aliphatic heterocycles. The van der Waals surface area contributed by atoms with Crippen LogP contribution < -0.4 is 14.2 Å². The molecule has 0 bridgehead atoms. The van der Waals surface area contributed by atoms with Crippen LogP contribution in [0.2, 0.25) is 0 Å². The van der Waals surface area contributed by atoms with Crippen molar-refractivity contribution in [2.45, 2.75) is 110 Å². The molecular formula is C64H66O22. The second-order valence-electron chi connectivity index (χ2n) is 21.5. The summed E-state index contributed by atoms with van der Waals surface area (Å²) < 4.78 is 29.9. The summed E-state index contributed by atoms with van der Waals surface area (Å²) in [5.74, 6) is -12.3. The molecule has 15 N–H and O–H groups in total. The first-order chi connectivity index (χ1) is 40.7. The molecule has 6 aromatic carbocycles. The molecule has 0 fully saturated rings. The number of rotatable bonds is 19. The topological polar surface area (TPSA) is 384 Å². The lowest BCUT2D eigenvalue weighted by Crippen LogP contribution is -2.35. The average Bonchev–Trinajstić information content (AvgIpc) is 0.991. The maximum absolute atomic E-state index is 14.0. The summed E-state index contributed by atoms with van der Waals surface area (Å²) in [6.07, 6.45) is 4.10. The third-order valence-corrected chi connectivity index (χ3v) is 14.7. The quantitative estimate of drug-likeness (QED) is 0.0203. The molecule has 454 valence electrons. The van der Waals surface area contributed by atoms with Gasteiger partial charge in [-0.15, -0.1) is 0 Å². The average molecular weight is 1190 g/mol.